The van der Waals surface area contributed by atoms with Crippen molar-refractivity contribution >= 4 is 6.08 Å². The van der Waals surface area contributed by atoms with E-state index in [-0.39, 0.29) is 0 Å². The van der Waals surface area contributed by atoms with Crippen LogP contribution in [0.5, 0.6) is 5.75 Å². The molecule has 1 rings (SSSR count). The van der Waals surface area contributed by atoms with Crippen molar-refractivity contribution < 1.29 is 4.74 Å². The highest BCUT2D eigenvalue weighted by Crippen LogP contribution is 2.10. The van der Waals surface area contributed by atoms with Gasteiger partial charge in [0.05, 0.1) is 13.3 Å². The number of hydrogen-bond donors (Lipinski definition) is 1. The van der Waals surface area contributed by atoms with E-state index in [0.717, 1.165) is 11.3 Å². The van der Waals surface area contributed by atoms with Crippen LogP contribution in [0.1, 0.15) is 5.56 Å². The van der Waals surface area contributed by atoms with Gasteiger partial charge in [-0.2, -0.15) is 0 Å². The number of rotatable bonds is 3. The first kappa shape index (κ1) is 8.74. The molecule has 0 amide bonds. The summed E-state index contributed by atoms with van der Waals surface area (Å²) < 4.78 is 5.01. The SMILES string of the molecule is COc1cncc(/C=C/CN)c1. The van der Waals surface area contributed by atoms with Crippen molar-refractivity contribution in [3.63, 3.8) is 0 Å². The third-order valence-electron chi connectivity index (χ3n) is 1.42. The van der Waals surface area contributed by atoms with Crippen LogP contribution in [0.3, 0.4) is 0 Å². The Morgan fingerprint density at radius 3 is 3.08 bits per heavy atom. The predicted octanol–water partition coefficient (Wildman–Crippen LogP) is 1.06. The maximum absolute atomic E-state index is 5.31. The minimum Gasteiger partial charge on any atom is -0.495 e. The zero-order valence-corrected chi connectivity index (χ0v) is 7.03. The van der Waals surface area contributed by atoms with Gasteiger partial charge in [-0.25, -0.2) is 0 Å². The largest absolute Gasteiger partial charge is 0.495 e. The third-order valence-corrected chi connectivity index (χ3v) is 1.42. The van der Waals surface area contributed by atoms with Gasteiger partial charge in [0.15, 0.2) is 0 Å². The van der Waals surface area contributed by atoms with E-state index in [1.165, 1.54) is 0 Å². The van der Waals surface area contributed by atoms with E-state index in [0.29, 0.717) is 6.54 Å². The lowest BCUT2D eigenvalue weighted by atomic mass is 10.2. The molecule has 3 heteroatoms. The summed E-state index contributed by atoms with van der Waals surface area (Å²) in [7, 11) is 1.62. The Balaban J connectivity index is 2.79. The fourth-order valence-corrected chi connectivity index (χ4v) is 0.842. The van der Waals surface area contributed by atoms with Crippen LogP contribution in [0.25, 0.3) is 6.08 Å². The first-order valence-corrected chi connectivity index (χ1v) is 3.72. The monoisotopic (exact) mass is 164 g/mol. The van der Waals surface area contributed by atoms with Crippen molar-refractivity contribution in [2.24, 2.45) is 5.73 Å². The molecule has 0 atom stereocenters. The van der Waals surface area contributed by atoms with E-state index in [4.69, 9.17) is 10.5 Å². The number of ether oxygens (including phenoxy) is 1. The smallest absolute Gasteiger partial charge is 0.137 e. The van der Waals surface area contributed by atoms with Gasteiger partial charge in [0, 0.05) is 12.7 Å². The highest BCUT2D eigenvalue weighted by molar-refractivity contribution is 5.49. The fraction of sp³-hybridized carbons (Fsp3) is 0.222. The molecule has 3 nitrogen and oxygen atoms in total. The van der Waals surface area contributed by atoms with Crippen LogP contribution in [0.4, 0.5) is 0 Å². The second-order valence-electron chi connectivity index (χ2n) is 2.30. The van der Waals surface area contributed by atoms with Crippen molar-refractivity contribution in [3.8, 4) is 5.75 Å². The Labute approximate surface area is 71.9 Å². The van der Waals surface area contributed by atoms with Crippen LogP contribution in [0.15, 0.2) is 24.5 Å². The molecule has 0 bridgehead atoms. The van der Waals surface area contributed by atoms with Gasteiger partial charge >= 0.3 is 0 Å². The maximum Gasteiger partial charge on any atom is 0.137 e. The highest BCUT2D eigenvalue weighted by Gasteiger charge is 1.91. The Morgan fingerprint density at radius 1 is 1.58 bits per heavy atom. The Morgan fingerprint density at radius 2 is 2.42 bits per heavy atom. The molecule has 2 N–H and O–H groups in total. The van der Waals surface area contributed by atoms with Gasteiger partial charge in [0.2, 0.25) is 0 Å². The predicted molar refractivity (Wildman–Crippen MR) is 48.9 cm³/mol. The highest BCUT2D eigenvalue weighted by atomic mass is 16.5. The lowest BCUT2D eigenvalue weighted by molar-refractivity contribution is 0.413. The molecule has 0 aliphatic rings. The lowest BCUT2D eigenvalue weighted by Crippen LogP contribution is -1.92. The molecule has 1 heterocycles. The molecule has 1 aromatic rings. The van der Waals surface area contributed by atoms with Crippen LogP contribution in [-0.2, 0) is 0 Å². The zero-order chi connectivity index (χ0) is 8.81. The lowest BCUT2D eigenvalue weighted by Gasteiger charge is -1.98. The van der Waals surface area contributed by atoms with Gasteiger partial charge in [0.25, 0.3) is 0 Å². The maximum atomic E-state index is 5.31. The molecule has 0 saturated heterocycles. The van der Waals surface area contributed by atoms with Crippen molar-refractivity contribution in [1.29, 1.82) is 0 Å². The van der Waals surface area contributed by atoms with Crippen LogP contribution in [0, 0.1) is 0 Å². The van der Waals surface area contributed by atoms with Gasteiger partial charge < -0.3 is 10.5 Å². The van der Waals surface area contributed by atoms with Crippen molar-refractivity contribution in [1.82, 2.24) is 4.98 Å². The molecule has 0 radical (unpaired) electrons. The van der Waals surface area contributed by atoms with Crippen LogP contribution >= 0.6 is 0 Å². The summed E-state index contributed by atoms with van der Waals surface area (Å²) in [5, 5.41) is 0. The van der Waals surface area contributed by atoms with Gasteiger partial charge in [0.1, 0.15) is 5.75 Å². The molecule has 0 saturated carbocycles. The summed E-state index contributed by atoms with van der Waals surface area (Å²) in [4.78, 5) is 3.99. The van der Waals surface area contributed by atoms with Crippen molar-refractivity contribution in [2.45, 2.75) is 0 Å². The molecule has 1 aromatic heterocycles. The Kier molecular flexibility index (Phi) is 3.29. The molecule has 0 aromatic carbocycles. The number of nitrogens with two attached hydrogens (primary N) is 1. The van der Waals surface area contributed by atoms with Gasteiger partial charge in [-0.05, 0) is 11.6 Å². The number of pyridine rings is 1. The van der Waals surface area contributed by atoms with E-state index in [9.17, 15) is 0 Å². The third kappa shape index (κ3) is 2.36. The minimum atomic E-state index is 0.539. The molecule has 0 aliphatic carbocycles. The summed E-state index contributed by atoms with van der Waals surface area (Å²) in [6.07, 6.45) is 7.21. The van der Waals surface area contributed by atoms with Gasteiger partial charge in [-0.1, -0.05) is 12.2 Å². The van der Waals surface area contributed by atoms with Crippen LogP contribution in [0.2, 0.25) is 0 Å². The molecule has 0 spiro atoms. The zero-order valence-electron chi connectivity index (χ0n) is 7.03. The van der Waals surface area contributed by atoms with E-state index < -0.39 is 0 Å². The molecular weight excluding hydrogens is 152 g/mol. The number of hydrogen-bond acceptors (Lipinski definition) is 3. The van der Waals surface area contributed by atoms with E-state index >= 15 is 0 Å². The summed E-state index contributed by atoms with van der Waals surface area (Å²) in [6.45, 7) is 0.539. The molecule has 0 unspecified atom stereocenters. The van der Waals surface area contributed by atoms with Crippen LogP contribution < -0.4 is 10.5 Å². The normalized spacial score (nSPS) is 10.5. The standard InChI is InChI=1S/C9H12N2O/c1-12-9-5-8(3-2-4-10)6-11-7-9/h2-3,5-7H,4,10H2,1H3/b3-2+. The number of aromatic nitrogens is 1. The molecule has 12 heavy (non-hydrogen) atoms. The summed E-state index contributed by atoms with van der Waals surface area (Å²) in [5.74, 6) is 0.758. The summed E-state index contributed by atoms with van der Waals surface area (Å²) in [6, 6.07) is 1.90. The molecular formula is C9H12N2O. The van der Waals surface area contributed by atoms with Gasteiger partial charge in [-0.3, -0.25) is 4.98 Å². The minimum absolute atomic E-state index is 0.539. The number of methoxy groups -OCH3 is 1. The van der Waals surface area contributed by atoms with Crippen molar-refractivity contribution in [3.05, 3.63) is 30.1 Å². The van der Waals surface area contributed by atoms with Crippen LogP contribution in [-0.4, -0.2) is 18.6 Å². The first-order valence-electron chi connectivity index (χ1n) is 3.72. The van der Waals surface area contributed by atoms with E-state index in [1.807, 2.05) is 18.2 Å². The first-order chi connectivity index (χ1) is 5.86. The quantitative estimate of drug-likeness (QED) is 0.726. The van der Waals surface area contributed by atoms with E-state index in [1.54, 1.807) is 19.5 Å². The fourth-order valence-electron chi connectivity index (χ4n) is 0.842. The second-order valence-corrected chi connectivity index (χ2v) is 2.30. The number of nitrogens with zero attached hydrogens (tertiary/aromatic N) is 1. The van der Waals surface area contributed by atoms with E-state index in [2.05, 4.69) is 4.98 Å². The van der Waals surface area contributed by atoms with Gasteiger partial charge in [-0.15, -0.1) is 0 Å². The molecule has 64 valence electrons. The summed E-state index contributed by atoms with van der Waals surface area (Å²) >= 11 is 0. The Bertz CT molecular complexity index is 271. The average molecular weight is 164 g/mol. The van der Waals surface area contributed by atoms with Crippen molar-refractivity contribution in [2.75, 3.05) is 13.7 Å². The Hall–Kier alpha value is -1.35. The topological polar surface area (TPSA) is 48.1 Å². The summed E-state index contributed by atoms with van der Waals surface area (Å²) in [5.41, 5.74) is 6.31. The molecule has 0 aliphatic heterocycles. The molecule has 0 fully saturated rings. The average Bonchev–Trinajstić information content (AvgIpc) is 2.15. The second kappa shape index (κ2) is 4.51.